The molecule has 0 aliphatic heterocycles. The van der Waals surface area contributed by atoms with Crippen LogP contribution in [0.4, 0.5) is 11.6 Å². The van der Waals surface area contributed by atoms with Crippen molar-refractivity contribution in [1.29, 1.82) is 5.26 Å². The molecule has 0 fully saturated rings. The Labute approximate surface area is 372 Å². The lowest BCUT2D eigenvalue weighted by molar-refractivity contribution is 0.659. The van der Waals surface area contributed by atoms with Gasteiger partial charge in [0.15, 0.2) is 0 Å². The maximum atomic E-state index is 9.49. The van der Waals surface area contributed by atoms with Crippen molar-refractivity contribution < 1.29 is 0 Å². The zero-order valence-electron chi connectivity index (χ0n) is 36.4. The number of nitrogens with two attached hydrogens (primary N) is 1. The average Bonchev–Trinajstić information content (AvgIpc) is 3.86. The third-order valence-electron chi connectivity index (χ3n) is 11.8. The van der Waals surface area contributed by atoms with Crippen molar-refractivity contribution in [2.24, 2.45) is 5.73 Å². The molecule has 63 heavy (non-hydrogen) atoms. The molecule has 0 amide bonds. The van der Waals surface area contributed by atoms with Crippen molar-refractivity contribution in [3.8, 4) is 18.0 Å². The van der Waals surface area contributed by atoms with Crippen molar-refractivity contribution >= 4 is 33.4 Å². The molecule has 10 nitrogen and oxygen atoms in total. The molecule has 2 aliphatic carbocycles. The maximum Gasteiger partial charge on any atom is 0.236 e. The predicted molar refractivity (Wildman–Crippen MR) is 259 cm³/mol. The summed E-state index contributed by atoms with van der Waals surface area (Å²) in [5, 5.41) is 18.8. The van der Waals surface area contributed by atoms with E-state index in [4.69, 9.17) is 25.7 Å². The van der Waals surface area contributed by atoms with Crippen LogP contribution < -0.4 is 16.4 Å². The SMILES string of the molecule is C.CC.Cc1cc2c(C#N)cccc2n1-c1nc2c(c(NCc3ccccc3)n1)CCCC2.Cc1cc2c(CN)cccc2n1-c1nc2c(c(NCc3ccccc3)n1)CCCC2. The predicted octanol–water partition coefficient (Wildman–Crippen LogP) is 11.4. The van der Waals surface area contributed by atoms with E-state index in [1.54, 1.807) is 0 Å². The van der Waals surface area contributed by atoms with E-state index in [-0.39, 0.29) is 7.43 Å². The zero-order chi connectivity index (χ0) is 43.0. The first-order valence-corrected chi connectivity index (χ1v) is 22.2. The van der Waals surface area contributed by atoms with Crippen LogP contribution in [-0.4, -0.2) is 29.1 Å². The molecular formula is C53H60N10. The number of fused-ring (bicyclic) bond motifs is 4. The number of hydrogen-bond acceptors (Lipinski definition) is 8. The fourth-order valence-electron chi connectivity index (χ4n) is 8.81. The highest BCUT2D eigenvalue weighted by Crippen LogP contribution is 2.32. The number of nitrogens with one attached hydrogen (secondary N) is 2. The van der Waals surface area contributed by atoms with Gasteiger partial charge in [0.2, 0.25) is 11.9 Å². The number of anilines is 2. The number of nitrogens with zero attached hydrogens (tertiary/aromatic N) is 7. The van der Waals surface area contributed by atoms with Crippen molar-refractivity contribution in [2.75, 3.05) is 10.6 Å². The summed E-state index contributed by atoms with van der Waals surface area (Å²) in [5.41, 5.74) is 19.3. The van der Waals surface area contributed by atoms with Gasteiger partial charge in [0, 0.05) is 52.9 Å². The topological polar surface area (TPSA) is 135 Å². The van der Waals surface area contributed by atoms with Gasteiger partial charge in [0.1, 0.15) is 11.6 Å². The first-order chi connectivity index (χ1) is 30.5. The van der Waals surface area contributed by atoms with E-state index in [1.807, 2.05) is 57.2 Å². The van der Waals surface area contributed by atoms with E-state index in [0.29, 0.717) is 18.1 Å². The molecule has 0 saturated carbocycles. The van der Waals surface area contributed by atoms with Gasteiger partial charge in [-0.2, -0.15) is 15.2 Å². The van der Waals surface area contributed by atoms with Crippen LogP contribution in [0, 0.1) is 25.2 Å². The first kappa shape index (κ1) is 44.2. The highest BCUT2D eigenvalue weighted by molar-refractivity contribution is 5.88. The molecule has 10 rings (SSSR count). The lowest BCUT2D eigenvalue weighted by Crippen LogP contribution is -2.16. The minimum absolute atomic E-state index is 0. The second-order valence-electron chi connectivity index (χ2n) is 15.8. The highest BCUT2D eigenvalue weighted by atomic mass is 15.2. The zero-order valence-corrected chi connectivity index (χ0v) is 36.4. The minimum atomic E-state index is 0. The molecule has 10 heteroatoms. The second kappa shape index (κ2) is 20.4. The van der Waals surface area contributed by atoms with Gasteiger partial charge in [-0.3, -0.25) is 9.13 Å². The smallest absolute Gasteiger partial charge is 0.236 e. The Bertz CT molecular complexity index is 2850. The van der Waals surface area contributed by atoms with Crippen LogP contribution in [-0.2, 0) is 45.3 Å². The van der Waals surface area contributed by atoms with E-state index >= 15 is 0 Å². The molecule has 4 aromatic heterocycles. The second-order valence-corrected chi connectivity index (χ2v) is 15.8. The Hall–Kier alpha value is -6.83. The third kappa shape index (κ3) is 9.35. The van der Waals surface area contributed by atoms with Gasteiger partial charge < -0.3 is 16.4 Å². The maximum absolute atomic E-state index is 9.49. The number of rotatable bonds is 9. The highest BCUT2D eigenvalue weighted by Gasteiger charge is 2.22. The summed E-state index contributed by atoms with van der Waals surface area (Å²) in [6, 6.07) is 39.5. The lowest BCUT2D eigenvalue weighted by atomic mass is 9.96. The molecule has 0 saturated heterocycles. The molecule has 0 radical (unpaired) electrons. The monoisotopic (exact) mass is 837 g/mol. The molecule has 4 N–H and O–H groups in total. The van der Waals surface area contributed by atoms with Gasteiger partial charge in [0.05, 0.1) is 34.1 Å². The van der Waals surface area contributed by atoms with E-state index < -0.39 is 0 Å². The molecule has 0 atom stereocenters. The lowest BCUT2D eigenvalue weighted by Gasteiger charge is -2.21. The van der Waals surface area contributed by atoms with E-state index in [9.17, 15) is 5.26 Å². The molecule has 0 bridgehead atoms. The van der Waals surface area contributed by atoms with Gasteiger partial charge >= 0.3 is 0 Å². The van der Waals surface area contributed by atoms with E-state index in [1.165, 1.54) is 52.6 Å². The minimum Gasteiger partial charge on any atom is -0.366 e. The van der Waals surface area contributed by atoms with Crippen LogP contribution in [0.2, 0.25) is 0 Å². The molecule has 0 spiro atoms. The van der Waals surface area contributed by atoms with Crippen LogP contribution >= 0.6 is 0 Å². The fraction of sp³-hybridized carbons (Fsp3) is 0.302. The number of benzene rings is 4. The van der Waals surface area contributed by atoms with Crippen LogP contribution in [0.1, 0.15) is 103 Å². The molecule has 4 heterocycles. The Morgan fingerprint density at radius 3 is 1.54 bits per heavy atom. The molecular weight excluding hydrogens is 777 g/mol. The van der Waals surface area contributed by atoms with Crippen LogP contribution in [0.5, 0.6) is 0 Å². The van der Waals surface area contributed by atoms with E-state index in [0.717, 1.165) is 102 Å². The van der Waals surface area contributed by atoms with Crippen LogP contribution in [0.25, 0.3) is 33.7 Å². The summed E-state index contributed by atoms with van der Waals surface area (Å²) in [7, 11) is 0. The molecule has 322 valence electrons. The number of nitriles is 1. The quantitative estimate of drug-likeness (QED) is 0.131. The van der Waals surface area contributed by atoms with Crippen LogP contribution in [0.15, 0.2) is 109 Å². The third-order valence-corrected chi connectivity index (χ3v) is 11.8. The average molecular weight is 837 g/mol. The van der Waals surface area contributed by atoms with Crippen molar-refractivity contribution in [3.63, 3.8) is 0 Å². The van der Waals surface area contributed by atoms with Gasteiger partial charge in [-0.15, -0.1) is 0 Å². The Kier molecular flexibility index (Phi) is 14.3. The van der Waals surface area contributed by atoms with Gasteiger partial charge in [-0.05, 0) is 112 Å². The van der Waals surface area contributed by atoms with Crippen molar-refractivity contribution in [2.45, 2.75) is 106 Å². The molecule has 8 aromatic rings. The van der Waals surface area contributed by atoms with Crippen molar-refractivity contribution in [3.05, 3.63) is 165 Å². The summed E-state index contributed by atoms with van der Waals surface area (Å²) in [5.74, 6) is 3.31. The molecule has 0 unspecified atom stereocenters. The number of aryl methyl sites for hydroxylation is 4. The van der Waals surface area contributed by atoms with Gasteiger partial charge in [-0.25, -0.2) is 9.97 Å². The van der Waals surface area contributed by atoms with Gasteiger partial charge in [0.25, 0.3) is 0 Å². The summed E-state index contributed by atoms with van der Waals surface area (Å²) < 4.78 is 4.23. The molecule has 2 aliphatic rings. The standard InChI is InChI=1S/C25H27N5.C25H23N5.C2H6.CH4/c2*1-17-14-21-19(15-26)10-7-13-23(21)30(17)25-28-22-12-6-5-11-20(22)24(29-25)27-16-18-8-3-2-4-9-18;1-2;/h2-4,7-10,13-14H,5-6,11-12,15-16,26H2,1H3,(H,27,28,29);2-4,7-10,13-14H,5-6,11-12,16H2,1H3,(H,27,28,29);1-2H3;1H4. The largest absolute Gasteiger partial charge is 0.366 e. The first-order valence-electron chi connectivity index (χ1n) is 22.2. The van der Waals surface area contributed by atoms with Crippen LogP contribution in [0.3, 0.4) is 0 Å². The number of hydrogen-bond donors (Lipinski definition) is 3. The molecule has 4 aromatic carbocycles. The summed E-state index contributed by atoms with van der Waals surface area (Å²) in [4.78, 5) is 20.0. The summed E-state index contributed by atoms with van der Waals surface area (Å²) in [6.07, 6.45) is 8.75. The Morgan fingerprint density at radius 2 is 1.05 bits per heavy atom. The van der Waals surface area contributed by atoms with Crippen molar-refractivity contribution in [1.82, 2.24) is 29.1 Å². The fourth-order valence-corrected chi connectivity index (χ4v) is 8.81. The van der Waals surface area contributed by atoms with E-state index in [2.05, 4.69) is 106 Å². The summed E-state index contributed by atoms with van der Waals surface area (Å²) >= 11 is 0. The normalized spacial score (nSPS) is 12.7. The number of aromatic nitrogens is 6. The Balaban J connectivity index is 0.000000179. The Morgan fingerprint density at radius 1 is 0.587 bits per heavy atom. The van der Waals surface area contributed by atoms with Gasteiger partial charge in [-0.1, -0.05) is 100 Å². The summed E-state index contributed by atoms with van der Waals surface area (Å²) in [6.45, 7) is 10.2.